The molecule has 1 fully saturated rings. The van der Waals surface area contributed by atoms with Crippen LogP contribution in [0.1, 0.15) is 31.9 Å². The molecule has 0 bridgehead atoms. The minimum absolute atomic E-state index is 0.226. The third-order valence-electron chi connectivity index (χ3n) is 3.01. The Bertz CT molecular complexity index is 377. The van der Waals surface area contributed by atoms with Crippen LogP contribution in [0, 0.1) is 5.92 Å². The van der Waals surface area contributed by atoms with Gasteiger partial charge in [0.1, 0.15) is 0 Å². The number of imidazole rings is 1. The first-order valence-corrected chi connectivity index (χ1v) is 6.04. The third kappa shape index (κ3) is 2.38. The highest BCUT2D eigenvalue weighted by Gasteiger charge is 2.29. The van der Waals surface area contributed by atoms with E-state index in [1.807, 2.05) is 4.90 Å². The summed E-state index contributed by atoms with van der Waals surface area (Å²) < 4.78 is 0. The van der Waals surface area contributed by atoms with E-state index >= 15 is 0 Å². The molecule has 16 heavy (non-hydrogen) atoms. The van der Waals surface area contributed by atoms with Crippen LogP contribution in [0.5, 0.6) is 0 Å². The van der Waals surface area contributed by atoms with Crippen LogP contribution in [0.15, 0.2) is 6.33 Å². The van der Waals surface area contributed by atoms with Gasteiger partial charge in [-0.05, 0) is 12.3 Å². The Balaban J connectivity index is 1.96. The molecule has 1 atom stereocenters. The van der Waals surface area contributed by atoms with Gasteiger partial charge in [0.05, 0.1) is 18.6 Å². The van der Waals surface area contributed by atoms with Crippen molar-refractivity contribution in [3.05, 3.63) is 17.2 Å². The smallest absolute Gasteiger partial charge is 0.223 e. The van der Waals surface area contributed by atoms with E-state index in [4.69, 9.17) is 11.6 Å². The zero-order valence-corrected chi connectivity index (χ0v) is 10.1. The van der Waals surface area contributed by atoms with E-state index < -0.39 is 0 Å². The first-order valence-electron chi connectivity index (χ1n) is 5.66. The van der Waals surface area contributed by atoms with Gasteiger partial charge in [-0.25, -0.2) is 4.98 Å². The quantitative estimate of drug-likeness (QED) is 0.879. The minimum atomic E-state index is 0.226. The number of aromatic amines is 1. The summed E-state index contributed by atoms with van der Waals surface area (Å²) in [4.78, 5) is 20.5. The van der Waals surface area contributed by atoms with Gasteiger partial charge < -0.3 is 9.88 Å². The molecule has 1 amide bonds. The fourth-order valence-electron chi connectivity index (χ4n) is 2.21. The summed E-state index contributed by atoms with van der Waals surface area (Å²) in [6, 6.07) is 0. The van der Waals surface area contributed by atoms with E-state index in [9.17, 15) is 4.79 Å². The summed E-state index contributed by atoms with van der Waals surface area (Å²) in [6.45, 7) is 3.55. The molecule has 2 heterocycles. The van der Waals surface area contributed by atoms with Crippen molar-refractivity contribution in [3.8, 4) is 0 Å². The number of likely N-dealkylation sites (tertiary alicyclic amines) is 1. The fourth-order valence-corrected chi connectivity index (χ4v) is 2.38. The van der Waals surface area contributed by atoms with Crippen LogP contribution in [0.25, 0.3) is 0 Å². The molecule has 1 aromatic rings. The summed E-state index contributed by atoms with van der Waals surface area (Å²) in [5, 5.41) is 0.465. The lowest BCUT2D eigenvalue weighted by Gasteiger charge is -2.15. The molecule has 1 saturated heterocycles. The Hall–Kier alpha value is -1.03. The molecule has 1 aliphatic heterocycles. The van der Waals surface area contributed by atoms with Gasteiger partial charge in [-0.15, -0.1) is 0 Å². The molecular formula is C11H16ClN3O. The van der Waals surface area contributed by atoms with Crippen LogP contribution < -0.4 is 0 Å². The number of carbonyl (C=O) groups is 1. The number of nitrogens with one attached hydrogen (secondary N) is 1. The van der Waals surface area contributed by atoms with E-state index in [1.165, 1.54) is 0 Å². The number of hydrogen-bond donors (Lipinski definition) is 1. The molecule has 0 aromatic carbocycles. The predicted octanol–water partition coefficient (Wildman–Crippen LogP) is 2.21. The normalized spacial score (nSPS) is 20.8. The standard InChI is InChI=1S/C11H16ClN3O/c1-2-3-8-4-10(16)15(5-8)6-9-11(12)14-7-13-9/h7-8H,2-6H2,1H3,(H,13,14). The Morgan fingerprint density at radius 2 is 2.50 bits per heavy atom. The van der Waals surface area contributed by atoms with E-state index in [0.717, 1.165) is 25.1 Å². The third-order valence-corrected chi connectivity index (χ3v) is 3.33. The average molecular weight is 242 g/mol. The molecule has 5 heteroatoms. The molecular weight excluding hydrogens is 226 g/mol. The Morgan fingerprint density at radius 1 is 1.69 bits per heavy atom. The van der Waals surface area contributed by atoms with Crippen molar-refractivity contribution in [1.82, 2.24) is 14.9 Å². The second-order valence-electron chi connectivity index (χ2n) is 4.30. The van der Waals surface area contributed by atoms with Crippen LogP contribution in [-0.4, -0.2) is 27.3 Å². The first kappa shape index (κ1) is 11.5. The van der Waals surface area contributed by atoms with Crippen LogP contribution >= 0.6 is 11.6 Å². The van der Waals surface area contributed by atoms with Gasteiger partial charge in [-0.2, -0.15) is 0 Å². The highest BCUT2D eigenvalue weighted by molar-refractivity contribution is 6.30. The summed E-state index contributed by atoms with van der Waals surface area (Å²) in [5.74, 6) is 0.739. The monoisotopic (exact) mass is 241 g/mol. The van der Waals surface area contributed by atoms with Crippen molar-refractivity contribution in [2.45, 2.75) is 32.7 Å². The van der Waals surface area contributed by atoms with E-state index in [-0.39, 0.29) is 5.91 Å². The number of hydrogen-bond acceptors (Lipinski definition) is 2. The highest BCUT2D eigenvalue weighted by Crippen LogP contribution is 2.24. The van der Waals surface area contributed by atoms with Crippen LogP contribution in [0.4, 0.5) is 0 Å². The summed E-state index contributed by atoms with van der Waals surface area (Å²) in [6.07, 6.45) is 4.50. The first-order chi connectivity index (χ1) is 7.70. The van der Waals surface area contributed by atoms with Crippen molar-refractivity contribution < 1.29 is 4.79 Å². The molecule has 1 N–H and O–H groups in total. The predicted molar refractivity (Wildman–Crippen MR) is 62.0 cm³/mol. The van der Waals surface area contributed by atoms with E-state index in [0.29, 0.717) is 24.0 Å². The van der Waals surface area contributed by atoms with Crippen molar-refractivity contribution in [2.75, 3.05) is 6.54 Å². The topological polar surface area (TPSA) is 49.0 Å². The molecule has 88 valence electrons. The number of carbonyl (C=O) groups excluding carboxylic acids is 1. The van der Waals surface area contributed by atoms with Crippen molar-refractivity contribution in [2.24, 2.45) is 5.92 Å². The van der Waals surface area contributed by atoms with Crippen molar-refractivity contribution in [1.29, 1.82) is 0 Å². The van der Waals surface area contributed by atoms with Gasteiger partial charge in [0, 0.05) is 13.0 Å². The molecule has 1 aliphatic rings. The van der Waals surface area contributed by atoms with E-state index in [1.54, 1.807) is 6.33 Å². The SMILES string of the molecule is CCCC1CC(=O)N(Cc2[nH]cnc2Cl)C1. The molecule has 1 aromatic heterocycles. The Kier molecular flexibility index (Phi) is 3.49. The number of amides is 1. The number of nitrogens with zero attached hydrogens (tertiary/aromatic N) is 2. The van der Waals surface area contributed by atoms with Crippen molar-refractivity contribution >= 4 is 17.5 Å². The Labute approximate surface area is 100.0 Å². The zero-order chi connectivity index (χ0) is 11.5. The molecule has 2 rings (SSSR count). The zero-order valence-electron chi connectivity index (χ0n) is 9.37. The molecule has 0 radical (unpaired) electrons. The highest BCUT2D eigenvalue weighted by atomic mass is 35.5. The molecule has 0 aliphatic carbocycles. The summed E-state index contributed by atoms with van der Waals surface area (Å²) in [7, 11) is 0. The van der Waals surface area contributed by atoms with Crippen LogP contribution in [0.3, 0.4) is 0 Å². The lowest BCUT2D eigenvalue weighted by molar-refractivity contribution is -0.128. The second kappa shape index (κ2) is 4.87. The van der Waals surface area contributed by atoms with Crippen molar-refractivity contribution in [3.63, 3.8) is 0 Å². The summed E-state index contributed by atoms with van der Waals surface area (Å²) in [5.41, 5.74) is 0.826. The molecule has 4 nitrogen and oxygen atoms in total. The molecule has 1 unspecified atom stereocenters. The van der Waals surface area contributed by atoms with Gasteiger partial charge in [-0.3, -0.25) is 4.79 Å². The minimum Gasteiger partial charge on any atom is -0.346 e. The van der Waals surface area contributed by atoms with Crippen LogP contribution in [0.2, 0.25) is 5.15 Å². The van der Waals surface area contributed by atoms with E-state index in [2.05, 4.69) is 16.9 Å². The Morgan fingerprint density at radius 3 is 3.12 bits per heavy atom. The lowest BCUT2D eigenvalue weighted by atomic mass is 10.0. The van der Waals surface area contributed by atoms with Crippen LogP contribution in [-0.2, 0) is 11.3 Å². The number of halogens is 1. The fraction of sp³-hybridized carbons (Fsp3) is 0.636. The van der Waals surface area contributed by atoms with Gasteiger partial charge >= 0.3 is 0 Å². The number of rotatable bonds is 4. The average Bonchev–Trinajstić information content (AvgIpc) is 2.77. The number of H-pyrrole nitrogens is 1. The maximum absolute atomic E-state index is 11.7. The van der Waals surface area contributed by atoms with Gasteiger partial charge in [0.15, 0.2) is 5.15 Å². The molecule has 0 saturated carbocycles. The maximum Gasteiger partial charge on any atom is 0.223 e. The number of aromatic nitrogens is 2. The summed E-state index contributed by atoms with van der Waals surface area (Å²) >= 11 is 5.88. The maximum atomic E-state index is 11.7. The van der Waals surface area contributed by atoms with Gasteiger partial charge in [0.2, 0.25) is 5.91 Å². The second-order valence-corrected chi connectivity index (χ2v) is 4.66. The van der Waals surface area contributed by atoms with Gasteiger partial charge in [0.25, 0.3) is 0 Å². The lowest BCUT2D eigenvalue weighted by Crippen LogP contribution is -2.24. The molecule has 0 spiro atoms. The van der Waals surface area contributed by atoms with Gasteiger partial charge in [-0.1, -0.05) is 24.9 Å². The largest absolute Gasteiger partial charge is 0.346 e.